The van der Waals surface area contributed by atoms with Crippen LogP contribution in [0.3, 0.4) is 0 Å². The van der Waals surface area contributed by atoms with Crippen LogP contribution >= 0.6 is 0 Å². The van der Waals surface area contributed by atoms with Gasteiger partial charge < -0.3 is 14.4 Å². The Bertz CT molecular complexity index is 790. The van der Waals surface area contributed by atoms with Crippen molar-refractivity contribution < 1.29 is 9.47 Å². The van der Waals surface area contributed by atoms with Crippen molar-refractivity contribution in [2.45, 2.75) is 13.5 Å². The Labute approximate surface area is 166 Å². The lowest BCUT2D eigenvalue weighted by atomic mass is 10.2. The van der Waals surface area contributed by atoms with E-state index < -0.39 is 0 Å². The molecule has 3 rings (SSSR count). The number of nitrogens with zero attached hydrogens (tertiary/aromatic N) is 6. The molecular formula is C20H28N6O2. The molecule has 0 amide bonds. The molecule has 0 N–H and O–H groups in total. The Kier molecular flexibility index (Phi) is 7.27. The Morgan fingerprint density at radius 1 is 1.21 bits per heavy atom. The first-order chi connectivity index (χ1) is 13.6. The number of rotatable bonds is 8. The Morgan fingerprint density at radius 2 is 2.04 bits per heavy atom. The number of hydrogen-bond donors (Lipinski definition) is 0. The second kappa shape index (κ2) is 10.1. The largest absolute Gasteiger partial charge is 0.462 e. The molecule has 2 heterocycles. The molecule has 1 aliphatic heterocycles. The van der Waals surface area contributed by atoms with Crippen LogP contribution in [0.15, 0.2) is 29.3 Å². The van der Waals surface area contributed by atoms with Gasteiger partial charge in [0.2, 0.25) is 5.95 Å². The number of anilines is 1. The normalized spacial score (nSPS) is 15.1. The van der Waals surface area contributed by atoms with Crippen LogP contribution in [0.2, 0.25) is 0 Å². The van der Waals surface area contributed by atoms with Crippen molar-refractivity contribution in [2.24, 2.45) is 4.99 Å². The van der Waals surface area contributed by atoms with Gasteiger partial charge in [-0.3, -0.25) is 9.89 Å². The monoisotopic (exact) mass is 384 g/mol. The van der Waals surface area contributed by atoms with E-state index in [1.807, 2.05) is 37.3 Å². The Morgan fingerprint density at radius 3 is 2.79 bits per heavy atom. The smallest absolute Gasteiger partial charge is 0.321 e. The summed E-state index contributed by atoms with van der Waals surface area (Å²) in [7, 11) is 3.79. The van der Waals surface area contributed by atoms with Gasteiger partial charge in [0, 0.05) is 39.9 Å². The summed E-state index contributed by atoms with van der Waals surface area (Å²) in [5.74, 6) is 1.15. The summed E-state index contributed by atoms with van der Waals surface area (Å²) in [6.45, 7) is 7.21. The van der Waals surface area contributed by atoms with Gasteiger partial charge in [-0.15, -0.1) is 0 Å². The predicted octanol–water partition coefficient (Wildman–Crippen LogP) is 1.58. The van der Waals surface area contributed by atoms with Crippen LogP contribution in [0.5, 0.6) is 6.01 Å². The van der Waals surface area contributed by atoms with Gasteiger partial charge in [0.15, 0.2) is 5.82 Å². The molecule has 150 valence electrons. The summed E-state index contributed by atoms with van der Waals surface area (Å²) in [6, 6.07) is 8.53. The summed E-state index contributed by atoms with van der Waals surface area (Å²) >= 11 is 0. The van der Waals surface area contributed by atoms with Gasteiger partial charge >= 0.3 is 6.01 Å². The number of aromatic nitrogens is 3. The molecule has 2 aromatic rings. The maximum absolute atomic E-state index is 5.80. The Balaban J connectivity index is 1.61. The molecule has 0 aliphatic carbocycles. The molecule has 28 heavy (non-hydrogen) atoms. The zero-order chi connectivity index (χ0) is 19.8. The fourth-order valence-corrected chi connectivity index (χ4v) is 2.80. The summed E-state index contributed by atoms with van der Waals surface area (Å²) in [6.07, 6.45) is 1.84. The SMILES string of the molecule is Cc1cccc(C=NCc2nc(OCCN3CCOCC3)nc(N(C)C)n2)c1. The maximum atomic E-state index is 5.80. The summed E-state index contributed by atoms with van der Waals surface area (Å²) in [5.41, 5.74) is 2.26. The zero-order valence-electron chi connectivity index (χ0n) is 16.8. The van der Waals surface area contributed by atoms with Gasteiger partial charge in [0.05, 0.1) is 19.8 Å². The molecule has 1 aliphatic rings. The van der Waals surface area contributed by atoms with Gasteiger partial charge in [-0.05, 0) is 12.5 Å². The lowest BCUT2D eigenvalue weighted by molar-refractivity contribution is 0.0317. The van der Waals surface area contributed by atoms with E-state index in [-0.39, 0.29) is 0 Å². The van der Waals surface area contributed by atoms with E-state index in [1.165, 1.54) is 5.56 Å². The zero-order valence-corrected chi connectivity index (χ0v) is 16.8. The second-order valence-corrected chi connectivity index (χ2v) is 6.92. The van der Waals surface area contributed by atoms with E-state index in [2.05, 4.69) is 43.9 Å². The van der Waals surface area contributed by atoms with Crippen LogP contribution in [0.1, 0.15) is 17.0 Å². The van der Waals surface area contributed by atoms with E-state index in [0.29, 0.717) is 30.9 Å². The number of benzene rings is 1. The van der Waals surface area contributed by atoms with Gasteiger partial charge in [0.1, 0.15) is 6.61 Å². The molecule has 1 aromatic carbocycles. The van der Waals surface area contributed by atoms with E-state index in [4.69, 9.17) is 9.47 Å². The van der Waals surface area contributed by atoms with Gasteiger partial charge in [-0.2, -0.15) is 15.0 Å². The van der Waals surface area contributed by atoms with Crippen molar-refractivity contribution in [1.82, 2.24) is 19.9 Å². The minimum atomic E-state index is 0.340. The molecule has 8 heteroatoms. The quantitative estimate of drug-likeness (QED) is 0.640. The van der Waals surface area contributed by atoms with Crippen LogP contribution < -0.4 is 9.64 Å². The van der Waals surface area contributed by atoms with Crippen LogP contribution in [0.4, 0.5) is 5.95 Å². The number of aryl methyl sites for hydroxylation is 1. The molecular weight excluding hydrogens is 356 g/mol. The van der Waals surface area contributed by atoms with Crippen LogP contribution in [0.25, 0.3) is 0 Å². The highest BCUT2D eigenvalue weighted by Crippen LogP contribution is 2.11. The molecule has 1 saturated heterocycles. The molecule has 1 fully saturated rings. The number of morpholine rings is 1. The Hall–Kier alpha value is -2.58. The molecule has 0 atom stereocenters. The number of aliphatic imine (C=N–C) groups is 1. The van der Waals surface area contributed by atoms with Crippen molar-refractivity contribution >= 4 is 12.2 Å². The highest BCUT2D eigenvalue weighted by molar-refractivity contribution is 5.79. The summed E-state index contributed by atoms with van der Waals surface area (Å²) in [5, 5.41) is 0. The average Bonchev–Trinajstić information content (AvgIpc) is 2.69. The predicted molar refractivity (Wildman–Crippen MR) is 109 cm³/mol. The third kappa shape index (κ3) is 6.24. The summed E-state index contributed by atoms with van der Waals surface area (Å²) in [4.78, 5) is 21.9. The fourth-order valence-electron chi connectivity index (χ4n) is 2.80. The van der Waals surface area contributed by atoms with Crippen LogP contribution in [-0.2, 0) is 11.3 Å². The first-order valence-corrected chi connectivity index (χ1v) is 9.52. The fraction of sp³-hybridized carbons (Fsp3) is 0.500. The molecule has 0 radical (unpaired) electrons. The molecule has 0 saturated carbocycles. The van der Waals surface area contributed by atoms with Crippen LogP contribution in [0, 0.1) is 6.92 Å². The average molecular weight is 384 g/mol. The van der Waals surface area contributed by atoms with Crippen LogP contribution in [-0.4, -0.2) is 79.6 Å². The molecule has 8 nitrogen and oxygen atoms in total. The lowest BCUT2D eigenvalue weighted by Crippen LogP contribution is -2.38. The minimum Gasteiger partial charge on any atom is -0.462 e. The van der Waals surface area contributed by atoms with E-state index in [1.54, 1.807) is 0 Å². The second-order valence-electron chi connectivity index (χ2n) is 6.92. The molecule has 0 spiro atoms. The lowest BCUT2D eigenvalue weighted by Gasteiger charge is -2.26. The maximum Gasteiger partial charge on any atom is 0.321 e. The highest BCUT2D eigenvalue weighted by Gasteiger charge is 2.12. The number of ether oxygens (including phenoxy) is 2. The molecule has 1 aromatic heterocycles. The van der Waals surface area contributed by atoms with E-state index >= 15 is 0 Å². The van der Waals surface area contributed by atoms with Gasteiger partial charge in [-0.25, -0.2) is 0 Å². The van der Waals surface area contributed by atoms with Crippen molar-refractivity contribution in [2.75, 3.05) is 58.5 Å². The van der Waals surface area contributed by atoms with E-state index in [0.717, 1.165) is 38.4 Å². The third-order valence-corrected chi connectivity index (χ3v) is 4.31. The van der Waals surface area contributed by atoms with Crippen molar-refractivity contribution in [3.63, 3.8) is 0 Å². The first-order valence-electron chi connectivity index (χ1n) is 9.52. The standard InChI is InChI=1S/C20H28N6O2/c1-16-5-4-6-17(13-16)14-21-15-18-22-19(25(2)3)24-20(23-18)28-12-9-26-7-10-27-11-8-26/h4-6,13-14H,7-12,15H2,1-3H3. The van der Waals surface area contributed by atoms with E-state index in [9.17, 15) is 0 Å². The topological polar surface area (TPSA) is 76.0 Å². The molecule has 0 unspecified atom stereocenters. The van der Waals surface area contributed by atoms with Gasteiger partial charge in [0.25, 0.3) is 0 Å². The van der Waals surface area contributed by atoms with Crippen molar-refractivity contribution in [3.8, 4) is 6.01 Å². The van der Waals surface area contributed by atoms with Gasteiger partial charge in [-0.1, -0.05) is 29.8 Å². The minimum absolute atomic E-state index is 0.340. The van der Waals surface area contributed by atoms with Crippen molar-refractivity contribution in [1.29, 1.82) is 0 Å². The number of hydrogen-bond acceptors (Lipinski definition) is 8. The summed E-state index contributed by atoms with van der Waals surface area (Å²) < 4.78 is 11.2. The highest BCUT2D eigenvalue weighted by atomic mass is 16.5. The third-order valence-electron chi connectivity index (χ3n) is 4.31. The molecule has 0 bridgehead atoms. The first kappa shape index (κ1) is 20.2. The van der Waals surface area contributed by atoms with Crippen molar-refractivity contribution in [3.05, 3.63) is 41.2 Å².